The number of methoxy groups -OCH3 is 1. The van der Waals surface area contributed by atoms with Gasteiger partial charge in [-0.1, -0.05) is 6.92 Å². The number of nitrogens with two attached hydrogens (primary N) is 1. The summed E-state index contributed by atoms with van der Waals surface area (Å²) in [5.41, 5.74) is 5.11. The van der Waals surface area contributed by atoms with Crippen molar-refractivity contribution in [3.8, 4) is 0 Å². The van der Waals surface area contributed by atoms with Crippen LogP contribution in [0.2, 0.25) is 0 Å². The summed E-state index contributed by atoms with van der Waals surface area (Å²) >= 11 is 0. The largest absolute Gasteiger partial charge is 0.382 e. The van der Waals surface area contributed by atoms with Gasteiger partial charge in [0.25, 0.3) is 0 Å². The van der Waals surface area contributed by atoms with Crippen LogP contribution >= 0.6 is 0 Å². The number of aromatic nitrogens is 2. The topological polar surface area (TPSA) is 74.3 Å². The highest BCUT2D eigenvalue weighted by atomic mass is 16.5. The Morgan fingerprint density at radius 1 is 1.42 bits per heavy atom. The van der Waals surface area contributed by atoms with Crippen LogP contribution in [0, 0.1) is 0 Å². The summed E-state index contributed by atoms with van der Waals surface area (Å²) in [6.07, 6.45) is 1.76. The van der Waals surface area contributed by atoms with Crippen LogP contribution in [0.25, 0.3) is 0 Å². The predicted octanol–water partition coefficient (Wildman–Crippen LogP) is 0.503. The molecule has 0 amide bonds. The van der Waals surface area contributed by atoms with Gasteiger partial charge >= 0.3 is 0 Å². The number of nitrogens with one attached hydrogen (secondary N) is 1. The second-order valence-electron chi connectivity index (χ2n) is 4.43. The van der Waals surface area contributed by atoms with E-state index < -0.39 is 0 Å². The average molecular weight is 270 g/mol. The summed E-state index contributed by atoms with van der Waals surface area (Å²) in [5, 5.41) is 4.53. The first kappa shape index (κ1) is 16.1. The lowest BCUT2D eigenvalue weighted by Gasteiger charge is -2.16. The Morgan fingerprint density at radius 3 is 2.79 bits per heavy atom. The normalized spacial score (nSPS) is 12.8. The van der Waals surface area contributed by atoms with E-state index in [4.69, 9.17) is 15.3 Å². The zero-order chi connectivity index (χ0) is 14.1. The molecule has 0 aliphatic heterocycles. The molecule has 19 heavy (non-hydrogen) atoms. The molecule has 3 N–H and O–H groups in total. The number of nitrogens with zero attached hydrogens (tertiary/aromatic N) is 2. The molecular formula is C13H26N4O2. The minimum atomic E-state index is 0.0866. The van der Waals surface area contributed by atoms with Crippen molar-refractivity contribution in [1.29, 1.82) is 0 Å². The Labute approximate surface area is 115 Å². The maximum absolute atomic E-state index is 5.58. The molecule has 0 aliphatic rings. The minimum Gasteiger partial charge on any atom is -0.382 e. The van der Waals surface area contributed by atoms with Gasteiger partial charge in [-0.05, 0) is 19.4 Å². The molecule has 1 unspecified atom stereocenters. The van der Waals surface area contributed by atoms with Crippen molar-refractivity contribution in [3.63, 3.8) is 0 Å². The van der Waals surface area contributed by atoms with Crippen LogP contribution in [0.4, 0.5) is 0 Å². The van der Waals surface area contributed by atoms with Gasteiger partial charge in [0.05, 0.1) is 25.5 Å². The molecule has 0 fully saturated rings. The van der Waals surface area contributed by atoms with Crippen LogP contribution in [0.3, 0.4) is 0 Å². The Hall–Kier alpha value is -0.950. The van der Waals surface area contributed by atoms with Crippen molar-refractivity contribution in [1.82, 2.24) is 15.2 Å². The fourth-order valence-electron chi connectivity index (χ4n) is 1.91. The molecule has 1 aromatic heterocycles. The number of hydrazine groups is 1. The molecule has 1 aromatic rings. The number of ether oxygens (including phenoxy) is 2. The summed E-state index contributed by atoms with van der Waals surface area (Å²) < 4.78 is 12.5. The van der Waals surface area contributed by atoms with Gasteiger partial charge in [0.15, 0.2) is 0 Å². The summed E-state index contributed by atoms with van der Waals surface area (Å²) in [6.45, 7) is 6.83. The Balaban J connectivity index is 2.52. The van der Waals surface area contributed by atoms with Gasteiger partial charge in [0, 0.05) is 31.8 Å². The Kier molecular flexibility index (Phi) is 7.66. The highest BCUT2D eigenvalue weighted by molar-refractivity contribution is 5.11. The van der Waals surface area contributed by atoms with Gasteiger partial charge in [-0.15, -0.1) is 0 Å². The average Bonchev–Trinajstić information content (AvgIpc) is 2.84. The standard InChI is InChI=1S/C13H26N4O2/c1-4-11-8-13(17(5-2)16-11)9-12(15-14)10-19-7-6-18-3/h8,12,15H,4-7,9-10,14H2,1-3H3. The van der Waals surface area contributed by atoms with E-state index in [9.17, 15) is 0 Å². The third-order valence-electron chi connectivity index (χ3n) is 3.02. The fourth-order valence-corrected chi connectivity index (χ4v) is 1.91. The molecule has 6 heteroatoms. The molecular weight excluding hydrogens is 244 g/mol. The number of rotatable bonds is 10. The van der Waals surface area contributed by atoms with Crippen LogP contribution in [-0.4, -0.2) is 42.8 Å². The van der Waals surface area contributed by atoms with Crippen molar-refractivity contribution >= 4 is 0 Å². The molecule has 110 valence electrons. The Bertz CT molecular complexity index is 354. The maximum Gasteiger partial charge on any atom is 0.0701 e. The first-order chi connectivity index (χ1) is 9.24. The van der Waals surface area contributed by atoms with Gasteiger partial charge in [0.2, 0.25) is 0 Å². The second-order valence-corrected chi connectivity index (χ2v) is 4.43. The summed E-state index contributed by atoms with van der Waals surface area (Å²) in [5.74, 6) is 5.58. The van der Waals surface area contributed by atoms with Gasteiger partial charge in [-0.3, -0.25) is 16.0 Å². The van der Waals surface area contributed by atoms with Crippen molar-refractivity contribution in [2.75, 3.05) is 26.9 Å². The van der Waals surface area contributed by atoms with Crippen molar-refractivity contribution in [2.45, 2.75) is 39.3 Å². The van der Waals surface area contributed by atoms with Gasteiger partial charge < -0.3 is 9.47 Å². The van der Waals surface area contributed by atoms with Crippen LogP contribution in [0.5, 0.6) is 0 Å². The third kappa shape index (κ3) is 5.28. The summed E-state index contributed by atoms with van der Waals surface area (Å²) in [6, 6.07) is 2.23. The molecule has 0 saturated carbocycles. The van der Waals surface area contributed by atoms with E-state index in [-0.39, 0.29) is 6.04 Å². The molecule has 0 aromatic carbocycles. The molecule has 0 radical (unpaired) electrons. The second kappa shape index (κ2) is 9.03. The molecule has 6 nitrogen and oxygen atoms in total. The highest BCUT2D eigenvalue weighted by Gasteiger charge is 2.13. The molecule has 1 rings (SSSR count). The maximum atomic E-state index is 5.58. The fraction of sp³-hybridized carbons (Fsp3) is 0.769. The Morgan fingerprint density at radius 2 is 2.21 bits per heavy atom. The summed E-state index contributed by atoms with van der Waals surface area (Å²) in [4.78, 5) is 0. The van der Waals surface area contributed by atoms with Crippen LogP contribution in [-0.2, 0) is 28.9 Å². The quantitative estimate of drug-likeness (QED) is 0.368. The molecule has 1 heterocycles. The molecule has 0 bridgehead atoms. The third-order valence-corrected chi connectivity index (χ3v) is 3.02. The molecule has 0 spiro atoms. The van der Waals surface area contributed by atoms with Crippen LogP contribution in [0.15, 0.2) is 6.07 Å². The smallest absolute Gasteiger partial charge is 0.0701 e. The lowest BCUT2D eigenvalue weighted by molar-refractivity contribution is 0.0584. The van der Waals surface area contributed by atoms with Crippen molar-refractivity contribution in [3.05, 3.63) is 17.5 Å². The number of hydrogen-bond donors (Lipinski definition) is 2. The predicted molar refractivity (Wildman–Crippen MR) is 74.8 cm³/mol. The van der Waals surface area contributed by atoms with Gasteiger partial charge in [0.1, 0.15) is 0 Å². The minimum absolute atomic E-state index is 0.0866. The van der Waals surface area contributed by atoms with Crippen molar-refractivity contribution in [2.24, 2.45) is 5.84 Å². The van der Waals surface area contributed by atoms with E-state index in [1.54, 1.807) is 7.11 Å². The van der Waals surface area contributed by atoms with E-state index in [0.29, 0.717) is 19.8 Å². The molecule has 1 atom stereocenters. The van der Waals surface area contributed by atoms with Gasteiger partial charge in [-0.2, -0.15) is 5.10 Å². The summed E-state index contributed by atoms with van der Waals surface area (Å²) in [7, 11) is 1.66. The van der Waals surface area contributed by atoms with E-state index in [1.165, 1.54) is 5.69 Å². The monoisotopic (exact) mass is 270 g/mol. The van der Waals surface area contributed by atoms with Crippen molar-refractivity contribution < 1.29 is 9.47 Å². The molecule has 0 saturated heterocycles. The van der Waals surface area contributed by atoms with E-state index in [2.05, 4.69) is 30.4 Å². The SMILES string of the molecule is CCc1cc(CC(COCCOC)NN)n(CC)n1. The number of hydrogen-bond acceptors (Lipinski definition) is 5. The molecule has 0 aliphatic carbocycles. The van der Waals surface area contributed by atoms with E-state index in [1.807, 2.05) is 4.68 Å². The zero-order valence-electron chi connectivity index (χ0n) is 12.2. The number of aryl methyl sites for hydroxylation is 2. The lowest BCUT2D eigenvalue weighted by Crippen LogP contribution is -2.41. The lowest BCUT2D eigenvalue weighted by atomic mass is 10.1. The highest BCUT2D eigenvalue weighted by Crippen LogP contribution is 2.08. The van der Waals surface area contributed by atoms with E-state index >= 15 is 0 Å². The van der Waals surface area contributed by atoms with Crippen LogP contribution in [0.1, 0.15) is 25.2 Å². The first-order valence-electron chi connectivity index (χ1n) is 6.83. The zero-order valence-corrected chi connectivity index (χ0v) is 12.2. The van der Waals surface area contributed by atoms with Gasteiger partial charge in [-0.25, -0.2) is 0 Å². The van der Waals surface area contributed by atoms with Crippen LogP contribution < -0.4 is 11.3 Å². The first-order valence-corrected chi connectivity index (χ1v) is 6.83. The van der Waals surface area contributed by atoms with E-state index in [0.717, 1.165) is 25.1 Å².